The Morgan fingerprint density at radius 1 is 0.308 bits per heavy atom. The number of nitrogens with one attached hydrogen (secondary N) is 1. The van der Waals surface area contributed by atoms with E-state index in [1.54, 1.807) is 0 Å². The summed E-state index contributed by atoms with van der Waals surface area (Å²) in [5, 5.41) is 3.54. The summed E-state index contributed by atoms with van der Waals surface area (Å²) in [4.78, 5) is 0. The van der Waals surface area contributed by atoms with E-state index in [0.29, 0.717) is 0 Å². The van der Waals surface area contributed by atoms with Gasteiger partial charge in [0.1, 0.15) is 0 Å². The molecule has 0 aromatic rings. The van der Waals surface area contributed by atoms with Crippen molar-refractivity contribution in [3.05, 3.63) is 0 Å². The molecule has 0 aromatic carbocycles. The van der Waals surface area contributed by atoms with E-state index in [-0.39, 0.29) is 0 Å². The molecule has 0 aromatic heterocycles. The van der Waals surface area contributed by atoms with Gasteiger partial charge in [0.25, 0.3) is 0 Å². The topological polar surface area (TPSA) is 12.0 Å². The molecule has 158 valence electrons. The lowest BCUT2D eigenvalue weighted by Gasteiger charge is -2.05. The van der Waals surface area contributed by atoms with Crippen molar-refractivity contribution in [3.63, 3.8) is 0 Å². The maximum Gasteiger partial charge on any atom is -0.00489 e. The van der Waals surface area contributed by atoms with Crippen LogP contribution in [0.2, 0.25) is 0 Å². The fourth-order valence-corrected chi connectivity index (χ4v) is 3.76. The molecule has 0 atom stereocenters. The van der Waals surface area contributed by atoms with Gasteiger partial charge in [0.15, 0.2) is 0 Å². The van der Waals surface area contributed by atoms with Gasteiger partial charge in [-0.1, -0.05) is 136 Å². The summed E-state index contributed by atoms with van der Waals surface area (Å²) in [5.41, 5.74) is 0. The van der Waals surface area contributed by atoms with Gasteiger partial charge in [0, 0.05) is 0 Å². The van der Waals surface area contributed by atoms with E-state index in [2.05, 4.69) is 19.2 Å². The van der Waals surface area contributed by atoms with Crippen molar-refractivity contribution in [2.24, 2.45) is 0 Å². The Kier molecular flexibility index (Phi) is 24.9. The summed E-state index contributed by atoms with van der Waals surface area (Å²) in [6.45, 7) is 7.02. The first-order valence-corrected chi connectivity index (χ1v) is 12.6. The summed E-state index contributed by atoms with van der Waals surface area (Å²) >= 11 is 0. The third-order valence-corrected chi connectivity index (χ3v) is 5.66. The molecule has 0 aliphatic carbocycles. The highest BCUT2D eigenvalue weighted by Gasteiger charge is 1.95. The summed E-state index contributed by atoms with van der Waals surface area (Å²) in [5.74, 6) is 0. The molecular formula is C25H53N. The summed E-state index contributed by atoms with van der Waals surface area (Å²) < 4.78 is 0. The zero-order valence-electron chi connectivity index (χ0n) is 18.8. The third kappa shape index (κ3) is 24.0. The molecule has 1 N–H and O–H groups in total. The predicted molar refractivity (Wildman–Crippen MR) is 121 cm³/mol. The highest BCUT2D eigenvalue weighted by molar-refractivity contribution is 4.52. The second-order valence-electron chi connectivity index (χ2n) is 8.47. The predicted octanol–water partition coefficient (Wildman–Crippen LogP) is 8.81. The van der Waals surface area contributed by atoms with Gasteiger partial charge in [-0.2, -0.15) is 0 Å². The van der Waals surface area contributed by atoms with Crippen LogP contribution in [-0.2, 0) is 0 Å². The fraction of sp³-hybridized carbons (Fsp3) is 1.00. The highest BCUT2D eigenvalue weighted by Crippen LogP contribution is 2.14. The average molecular weight is 368 g/mol. The van der Waals surface area contributed by atoms with Crippen LogP contribution in [-0.4, -0.2) is 13.1 Å². The molecule has 0 fully saturated rings. The van der Waals surface area contributed by atoms with Gasteiger partial charge >= 0.3 is 0 Å². The number of hydrogen-bond donors (Lipinski definition) is 1. The van der Waals surface area contributed by atoms with Gasteiger partial charge in [0.2, 0.25) is 0 Å². The number of hydrogen-bond acceptors (Lipinski definition) is 1. The van der Waals surface area contributed by atoms with Gasteiger partial charge in [-0.25, -0.2) is 0 Å². The first-order chi connectivity index (χ1) is 12.9. The molecule has 0 aliphatic rings. The first kappa shape index (κ1) is 26.0. The Labute approximate surface area is 167 Å². The van der Waals surface area contributed by atoms with E-state index < -0.39 is 0 Å². The van der Waals surface area contributed by atoms with Gasteiger partial charge < -0.3 is 5.32 Å². The summed E-state index contributed by atoms with van der Waals surface area (Å²) in [7, 11) is 0. The van der Waals surface area contributed by atoms with Crippen molar-refractivity contribution in [1.82, 2.24) is 5.32 Å². The van der Waals surface area contributed by atoms with E-state index in [1.807, 2.05) is 0 Å². The Bertz CT molecular complexity index is 202. The van der Waals surface area contributed by atoms with Crippen LogP contribution < -0.4 is 5.32 Å². The van der Waals surface area contributed by atoms with Gasteiger partial charge in [-0.05, 0) is 25.9 Å². The van der Waals surface area contributed by atoms with E-state index in [1.165, 1.54) is 148 Å². The molecule has 1 nitrogen and oxygen atoms in total. The second-order valence-corrected chi connectivity index (χ2v) is 8.47. The number of unbranched alkanes of at least 4 members (excludes halogenated alkanes) is 19. The van der Waals surface area contributed by atoms with Crippen LogP contribution in [0.15, 0.2) is 0 Å². The average Bonchev–Trinajstić information content (AvgIpc) is 2.66. The van der Waals surface area contributed by atoms with E-state index in [0.717, 1.165) is 0 Å². The molecule has 0 rings (SSSR count). The largest absolute Gasteiger partial charge is 0.317 e. The highest BCUT2D eigenvalue weighted by atomic mass is 14.8. The molecule has 0 amide bonds. The zero-order chi connectivity index (χ0) is 19.0. The minimum atomic E-state index is 1.22. The third-order valence-electron chi connectivity index (χ3n) is 5.66. The van der Waals surface area contributed by atoms with Crippen molar-refractivity contribution in [2.45, 2.75) is 149 Å². The Balaban J connectivity index is 2.95. The van der Waals surface area contributed by atoms with Gasteiger partial charge in [-0.15, -0.1) is 0 Å². The van der Waals surface area contributed by atoms with E-state index >= 15 is 0 Å². The number of rotatable bonds is 23. The molecular weight excluding hydrogens is 314 g/mol. The lowest BCUT2D eigenvalue weighted by molar-refractivity contribution is 0.520. The van der Waals surface area contributed by atoms with Crippen molar-refractivity contribution < 1.29 is 0 Å². The molecule has 0 saturated carbocycles. The van der Waals surface area contributed by atoms with Crippen molar-refractivity contribution >= 4 is 0 Å². The minimum absolute atomic E-state index is 1.22. The molecule has 0 unspecified atom stereocenters. The minimum Gasteiger partial charge on any atom is -0.317 e. The normalized spacial score (nSPS) is 11.3. The van der Waals surface area contributed by atoms with Gasteiger partial charge in [0.05, 0.1) is 0 Å². The van der Waals surface area contributed by atoms with Crippen LogP contribution in [0.1, 0.15) is 149 Å². The lowest BCUT2D eigenvalue weighted by Crippen LogP contribution is -2.16. The molecule has 0 heterocycles. The van der Waals surface area contributed by atoms with Crippen LogP contribution in [0.5, 0.6) is 0 Å². The zero-order valence-corrected chi connectivity index (χ0v) is 18.8. The molecule has 26 heavy (non-hydrogen) atoms. The van der Waals surface area contributed by atoms with Crippen molar-refractivity contribution in [1.29, 1.82) is 0 Å². The van der Waals surface area contributed by atoms with Crippen LogP contribution in [0, 0.1) is 0 Å². The first-order valence-electron chi connectivity index (χ1n) is 12.6. The molecule has 0 saturated heterocycles. The quantitative estimate of drug-likeness (QED) is 0.178. The molecule has 0 bridgehead atoms. The SMILES string of the molecule is CCCCCCCCCCCCCCCCCCCCCNCCCC. The lowest BCUT2D eigenvalue weighted by atomic mass is 10.0. The summed E-state index contributed by atoms with van der Waals surface area (Å²) in [6.07, 6.45) is 30.4. The Hall–Kier alpha value is -0.0400. The van der Waals surface area contributed by atoms with Crippen LogP contribution in [0.4, 0.5) is 0 Å². The van der Waals surface area contributed by atoms with E-state index in [4.69, 9.17) is 0 Å². The van der Waals surface area contributed by atoms with Crippen LogP contribution >= 0.6 is 0 Å². The maximum absolute atomic E-state index is 3.54. The molecule has 0 radical (unpaired) electrons. The monoisotopic (exact) mass is 367 g/mol. The van der Waals surface area contributed by atoms with Crippen LogP contribution in [0.3, 0.4) is 0 Å². The van der Waals surface area contributed by atoms with E-state index in [9.17, 15) is 0 Å². The molecule has 1 heteroatoms. The smallest absolute Gasteiger partial charge is 0.00489 e. The Morgan fingerprint density at radius 2 is 0.577 bits per heavy atom. The van der Waals surface area contributed by atoms with Crippen molar-refractivity contribution in [3.8, 4) is 0 Å². The Morgan fingerprint density at radius 3 is 0.923 bits per heavy atom. The molecule has 0 spiro atoms. The van der Waals surface area contributed by atoms with Crippen LogP contribution in [0.25, 0.3) is 0 Å². The fourth-order valence-electron chi connectivity index (χ4n) is 3.76. The summed E-state index contributed by atoms with van der Waals surface area (Å²) in [6, 6.07) is 0. The molecule has 0 aliphatic heterocycles. The van der Waals surface area contributed by atoms with Gasteiger partial charge in [-0.3, -0.25) is 0 Å². The standard InChI is InChI=1S/C25H53N/c1-3-5-7-8-9-10-11-12-13-14-15-16-17-18-19-20-21-22-23-25-26-24-6-4-2/h26H,3-25H2,1-2H3. The maximum atomic E-state index is 3.54. The second kappa shape index (κ2) is 25.0. The van der Waals surface area contributed by atoms with Crippen molar-refractivity contribution in [2.75, 3.05) is 13.1 Å².